The number of amides is 1. The van der Waals surface area contributed by atoms with Crippen molar-refractivity contribution in [2.24, 2.45) is 5.92 Å². The van der Waals surface area contributed by atoms with Crippen LogP contribution < -0.4 is 5.32 Å². The second kappa shape index (κ2) is 7.55. The molecular formula is C24H21F3N2O2. The first kappa shape index (κ1) is 19.8. The van der Waals surface area contributed by atoms with Crippen molar-refractivity contribution in [3.8, 4) is 11.3 Å². The number of carbonyl (C=O) groups is 2. The van der Waals surface area contributed by atoms with E-state index in [9.17, 15) is 22.8 Å². The average Bonchev–Trinajstić information content (AvgIpc) is 3.26. The van der Waals surface area contributed by atoms with E-state index < -0.39 is 17.7 Å². The molecule has 1 atom stereocenters. The van der Waals surface area contributed by atoms with E-state index in [0.29, 0.717) is 42.3 Å². The van der Waals surface area contributed by atoms with Gasteiger partial charge in [-0.1, -0.05) is 0 Å². The number of fused-ring (bicyclic) bond motifs is 1. The number of H-pyrrole nitrogens is 1. The lowest BCUT2D eigenvalue weighted by atomic mass is 9.69. The molecule has 2 aromatic carbocycles. The highest BCUT2D eigenvalue weighted by Crippen LogP contribution is 2.48. The smallest absolute Gasteiger partial charge is 0.223 e. The molecule has 0 aliphatic heterocycles. The molecule has 2 aliphatic rings. The van der Waals surface area contributed by atoms with E-state index in [-0.39, 0.29) is 34.9 Å². The largest absolute Gasteiger partial charge is 0.352 e. The maximum atomic E-state index is 14.4. The summed E-state index contributed by atoms with van der Waals surface area (Å²) in [5, 5.41) is 3.28. The van der Waals surface area contributed by atoms with Crippen molar-refractivity contribution in [1.29, 1.82) is 0 Å². The molecule has 2 aliphatic carbocycles. The maximum absolute atomic E-state index is 14.4. The van der Waals surface area contributed by atoms with Crippen LogP contribution in [0.2, 0.25) is 0 Å². The Hall–Kier alpha value is -3.09. The third-order valence-electron chi connectivity index (χ3n) is 6.54. The molecule has 0 unspecified atom stereocenters. The van der Waals surface area contributed by atoms with Crippen molar-refractivity contribution < 1.29 is 22.8 Å². The van der Waals surface area contributed by atoms with Gasteiger partial charge in [-0.05, 0) is 73.1 Å². The first-order valence-corrected chi connectivity index (χ1v) is 10.5. The summed E-state index contributed by atoms with van der Waals surface area (Å²) < 4.78 is 41.9. The number of carbonyl (C=O) groups excluding carboxylic acids is 2. The van der Waals surface area contributed by atoms with Crippen molar-refractivity contribution in [2.75, 3.05) is 0 Å². The molecule has 0 radical (unpaired) electrons. The van der Waals surface area contributed by atoms with E-state index in [2.05, 4.69) is 10.3 Å². The van der Waals surface area contributed by atoms with Crippen LogP contribution in [0.1, 0.15) is 43.6 Å². The number of hydrogen-bond donors (Lipinski definition) is 2. The lowest BCUT2D eigenvalue weighted by molar-refractivity contribution is -0.131. The predicted molar refractivity (Wildman–Crippen MR) is 110 cm³/mol. The number of benzene rings is 2. The van der Waals surface area contributed by atoms with Crippen molar-refractivity contribution in [2.45, 2.75) is 44.1 Å². The van der Waals surface area contributed by atoms with Gasteiger partial charge in [-0.3, -0.25) is 9.59 Å². The molecule has 2 saturated carbocycles. The molecule has 1 heterocycles. The number of Topliss-reactive ketones (excluding diaryl/α,β-unsaturated/α-hetero) is 1. The summed E-state index contributed by atoms with van der Waals surface area (Å²) in [5.41, 5.74) is 2.20. The molecule has 0 bridgehead atoms. The first-order valence-electron chi connectivity index (χ1n) is 10.5. The number of ketones is 1. The van der Waals surface area contributed by atoms with E-state index in [1.807, 2.05) is 0 Å². The van der Waals surface area contributed by atoms with E-state index in [1.54, 1.807) is 12.1 Å². The Balaban J connectivity index is 1.45. The highest BCUT2D eigenvalue weighted by Gasteiger charge is 2.40. The molecule has 0 spiro atoms. The van der Waals surface area contributed by atoms with Gasteiger partial charge in [0, 0.05) is 23.8 Å². The van der Waals surface area contributed by atoms with E-state index in [0.717, 1.165) is 18.1 Å². The number of aromatic nitrogens is 1. The molecule has 2 fully saturated rings. The molecule has 5 rings (SSSR count). The van der Waals surface area contributed by atoms with E-state index in [4.69, 9.17) is 0 Å². The van der Waals surface area contributed by atoms with Crippen LogP contribution in [0.3, 0.4) is 0 Å². The Morgan fingerprint density at radius 2 is 1.77 bits per heavy atom. The number of halogens is 3. The van der Waals surface area contributed by atoms with Crippen LogP contribution in [-0.4, -0.2) is 22.7 Å². The number of aromatic amines is 1. The van der Waals surface area contributed by atoms with Crippen LogP contribution in [0.4, 0.5) is 13.2 Å². The lowest BCUT2D eigenvalue weighted by Crippen LogP contribution is -2.44. The summed E-state index contributed by atoms with van der Waals surface area (Å²) in [6.07, 6.45) is 3.02. The molecule has 1 aromatic heterocycles. The summed E-state index contributed by atoms with van der Waals surface area (Å²) in [6.45, 7) is 0. The Morgan fingerprint density at radius 3 is 2.45 bits per heavy atom. The zero-order valence-corrected chi connectivity index (χ0v) is 16.7. The third-order valence-corrected chi connectivity index (χ3v) is 6.54. The summed E-state index contributed by atoms with van der Waals surface area (Å²) >= 11 is 0. The van der Waals surface area contributed by atoms with Gasteiger partial charge in [-0.2, -0.15) is 0 Å². The fourth-order valence-corrected chi connectivity index (χ4v) is 4.83. The summed E-state index contributed by atoms with van der Waals surface area (Å²) in [6, 6.07) is 7.54. The van der Waals surface area contributed by atoms with Crippen molar-refractivity contribution in [3.05, 3.63) is 59.4 Å². The minimum Gasteiger partial charge on any atom is -0.352 e. The van der Waals surface area contributed by atoms with Gasteiger partial charge in [-0.25, -0.2) is 13.2 Å². The second-order valence-corrected chi connectivity index (χ2v) is 8.52. The Kier molecular flexibility index (Phi) is 4.84. The maximum Gasteiger partial charge on any atom is 0.223 e. The SMILES string of the molecule is O=C(N[C@@H]1CCCC1=O)C1CC(c2c(-c3ccc(F)cc3)[nH]c3c(F)cc(F)cc23)C1. The first-order chi connectivity index (χ1) is 14.9. The molecule has 3 aromatic rings. The van der Waals surface area contributed by atoms with Crippen molar-refractivity contribution >= 4 is 22.6 Å². The van der Waals surface area contributed by atoms with Gasteiger partial charge in [0.1, 0.15) is 17.5 Å². The van der Waals surface area contributed by atoms with Crippen LogP contribution in [0.5, 0.6) is 0 Å². The highest BCUT2D eigenvalue weighted by molar-refractivity contribution is 5.94. The standard InChI is InChI=1S/C24H21F3N2O2/c25-15-6-4-12(5-7-15)22-21(17-10-16(26)11-18(27)23(17)29-22)13-8-14(9-13)24(31)28-19-2-1-3-20(19)30/h4-7,10-11,13-14,19,29H,1-3,8-9H2,(H,28,31)/t13?,14?,19-/m1/s1. The van der Waals surface area contributed by atoms with Crippen molar-refractivity contribution in [1.82, 2.24) is 10.3 Å². The third kappa shape index (κ3) is 3.52. The number of rotatable bonds is 4. The van der Waals surface area contributed by atoms with Crippen molar-refractivity contribution in [3.63, 3.8) is 0 Å². The van der Waals surface area contributed by atoms with Crippen LogP contribution in [0.25, 0.3) is 22.2 Å². The lowest BCUT2D eigenvalue weighted by Gasteiger charge is -2.35. The predicted octanol–water partition coefficient (Wildman–Crippen LogP) is 4.98. The van der Waals surface area contributed by atoms with Gasteiger partial charge in [0.2, 0.25) is 5.91 Å². The van der Waals surface area contributed by atoms with Crippen LogP contribution in [0, 0.1) is 23.4 Å². The minimum absolute atomic E-state index is 0.0744. The van der Waals surface area contributed by atoms with E-state index >= 15 is 0 Å². The van der Waals surface area contributed by atoms with Gasteiger partial charge in [-0.15, -0.1) is 0 Å². The molecular weight excluding hydrogens is 405 g/mol. The number of nitrogens with one attached hydrogen (secondary N) is 2. The molecule has 1 amide bonds. The van der Waals surface area contributed by atoms with Gasteiger partial charge in [0.05, 0.1) is 17.3 Å². The average molecular weight is 426 g/mol. The summed E-state index contributed by atoms with van der Waals surface area (Å²) in [4.78, 5) is 27.4. The normalized spacial score (nSPS) is 23.2. The van der Waals surface area contributed by atoms with Gasteiger partial charge >= 0.3 is 0 Å². The van der Waals surface area contributed by atoms with Crippen LogP contribution >= 0.6 is 0 Å². The molecule has 0 saturated heterocycles. The van der Waals surface area contributed by atoms with Gasteiger partial charge < -0.3 is 10.3 Å². The quantitative estimate of drug-likeness (QED) is 0.618. The highest BCUT2D eigenvalue weighted by atomic mass is 19.1. The second-order valence-electron chi connectivity index (χ2n) is 8.52. The zero-order valence-electron chi connectivity index (χ0n) is 16.7. The van der Waals surface area contributed by atoms with Crippen LogP contribution in [0.15, 0.2) is 36.4 Å². The fourth-order valence-electron chi connectivity index (χ4n) is 4.83. The van der Waals surface area contributed by atoms with Crippen LogP contribution in [-0.2, 0) is 9.59 Å². The number of hydrogen-bond acceptors (Lipinski definition) is 2. The molecule has 2 N–H and O–H groups in total. The van der Waals surface area contributed by atoms with E-state index in [1.165, 1.54) is 18.2 Å². The summed E-state index contributed by atoms with van der Waals surface area (Å²) in [7, 11) is 0. The topological polar surface area (TPSA) is 62.0 Å². The summed E-state index contributed by atoms with van der Waals surface area (Å²) in [5.74, 6) is -2.15. The molecule has 160 valence electrons. The Bertz CT molecular complexity index is 1180. The Morgan fingerprint density at radius 1 is 1.03 bits per heavy atom. The molecule has 31 heavy (non-hydrogen) atoms. The zero-order chi connectivity index (χ0) is 21.7. The molecule has 4 nitrogen and oxygen atoms in total. The van der Waals surface area contributed by atoms with Gasteiger partial charge in [0.25, 0.3) is 0 Å². The van der Waals surface area contributed by atoms with Gasteiger partial charge in [0.15, 0.2) is 5.78 Å². The minimum atomic E-state index is -0.696. The Labute approximate surface area is 176 Å². The molecule has 7 heteroatoms. The fraction of sp³-hybridized carbons (Fsp3) is 0.333. The monoisotopic (exact) mass is 426 g/mol.